The van der Waals surface area contributed by atoms with Gasteiger partial charge in [-0.15, -0.1) is 0 Å². The Morgan fingerprint density at radius 2 is 1.59 bits per heavy atom. The van der Waals surface area contributed by atoms with E-state index < -0.39 is 27.7 Å². The van der Waals surface area contributed by atoms with Crippen LogP contribution >= 0.6 is 0 Å². The fourth-order valence-corrected chi connectivity index (χ4v) is 4.93. The van der Waals surface area contributed by atoms with Crippen molar-refractivity contribution in [3.63, 3.8) is 0 Å². The van der Waals surface area contributed by atoms with Gasteiger partial charge in [0.2, 0.25) is 10.0 Å². The van der Waals surface area contributed by atoms with Crippen LogP contribution in [0.25, 0.3) is 10.8 Å². The van der Waals surface area contributed by atoms with E-state index in [4.69, 9.17) is 0 Å². The number of nitrogens with one attached hydrogen (secondary N) is 1. The zero-order chi connectivity index (χ0) is 23.0. The Labute approximate surface area is 185 Å². The molecule has 0 saturated carbocycles. The van der Waals surface area contributed by atoms with E-state index in [-0.39, 0.29) is 18.0 Å². The fourth-order valence-electron chi connectivity index (χ4n) is 3.72. The molecular formula is C23H22FN3O4S. The average molecular weight is 456 g/mol. The maximum absolute atomic E-state index is 13.1. The third-order valence-corrected chi connectivity index (χ3v) is 6.85. The summed E-state index contributed by atoms with van der Waals surface area (Å²) in [5.41, 5.74) is 1.19. The first kappa shape index (κ1) is 22.1. The molecule has 166 valence electrons. The molecule has 3 aromatic rings. The molecule has 0 atom stereocenters. The predicted molar refractivity (Wildman–Crippen MR) is 118 cm³/mol. The number of hydrogen-bond donors (Lipinski definition) is 1. The summed E-state index contributed by atoms with van der Waals surface area (Å²) in [6.45, 7) is 0.726. The number of carbonyl (C=O) groups is 2. The first-order chi connectivity index (χ1) is 15.2. The van der Waals surface area contributed by atoms with Crippen molar-refractivity contribution in [2.45, 2.75) is 11.4 Å². The second kappa shape index (κ2) is 8.42. The Bertz CT molecular complexity index is 1300. The van der Waals surface area contributed by atoms with Gasteiger partial charge in [0, 0.05) is 41.5 Å². The van der Waals surface area contributed by atoms with Crippen LogP contribution in [0.1, 0.15) is 26.3 Å². The molecular weight excluding hydrogens is 433 g/mol. The van der Waals surface area contributed by atoms with Gasteiger partial charge in [0.25, 0.3) is 11.8 Å². The number of halogens is 1. The van der Waals surface area contributed by atoms with E-state index in [1.165, 1.54) is 41.3 Å². The quantitative estimate of drug-likeness (QED) is 0.554. The molecule has 4 rings (SSSR count). The topological polar surface area (TPSA) is 86.8 Å². The fraction of sp³-hybridized carbons (Fsp3) is 0.217. The minimum Gasteiger partial charge on any atom is -0.308 e. The molecule has 0 saturated heterocycles. The number of nitrogens with zero attached hydrogens (tertiary/aromatic N) is 2. The van der Waals surface area contributed by atoms with Gasteiger partial charge in [0.05, 0.1) is 4.90 Å². The van der Waals surface area contributed by atoms with Gasteiger partial charge in [0.1, 0.15) is 5.82 Å². The van der Waals surface area contributed by atoms with Gasteiger partial charge in [-0.05, 0) is 50.0 Å². The van der Waals surface area contributed by atoms with E-state index in [1.807, 2.05) is 19.0 Å². The van der Waals surface area contributed by atoms with E-state index in [0.717, 1.165) is 0 Å². The minimum atomic E-state index is -3.97. The summed E-state index contributed by atoms with van der Waals surface area (Å²) >= 11 is 0. The third kappa shape index (κ3) is 4.02. The van der Waals surface area contributed by atoms with Crippen molar-refractivity contribution in [1.29, 1.82) is 0 Å². The van der Waals surface area contributed by atoms with E-state index in [9.17, 15) is 22.4 Å². The molecule has 1 aliphatic rings. The molecule has 1 heterocycles. The van der Waals surface area contributed by atoms with Crippen molar-refractivity contribution in [3.8, 4) is 0 Å². The van der Waals surface area contributed by atoms with Crippen molar-refractivity contribution in [2.75, 3.05) is 27.2 Å². The largest absolute Gasteiger partial charge is 0.308 e. The highest BCUT2D eigenvalue weighted by molar-refractivity contribution is 7.89. The molecule has 0 aliphatic carbocycles. The second-order valence-corrected chi connectivity index (χ2v) is 9.59. The summed E-state index contributed by atoms with van der Waals surface area (Å²) in [6, 6.07) is 13.1. The Morgan fingerprint density at radius 3 is 2.25 bits per heavy atom. The van der Waals surface area contributed by atoms with Gasteiger partial charge in [-0.1, -0.05) is 24.3 Å². The van der Waals surface area contributed by atoms with Crippen LogP contribution in [0.2, 0.25) is 0 Å². The number of likely N-dealkylation sites (N-methyl/N-ethyl adjacent to an activating group) is 1. The Balaban J connectivity index is 1.72. The lowest BCUT2D eigenvalue weighted by molar-refractivity contribution is 0.0601. The van der Waals surface area contributed by atoms with Crippen LogP contribution in [0.3, 0.4) is 0 Å². The van der Waals surface area contributed by atoms with E-state index in [2.05, 4.69) is 4.72 Å². The third-order valence-electron chi connectivity index (χ3n) is 5.39. The van der Waals surface area contributed by atoms with Crippen LogP contribution in [-0.4, -0.2) is 57.2 Å². The van der Waals surface area contributed by atoms with E-state index in [1.54, 1.807) is 18.2 Å². The van der Waals surface area contributed by atoms with Crippen LogP contribution in [-0.2, 0) is 16.6 Å². The highest BCUT2D eigenvalue weighted by Gasteiger charge is 2.34. The van der Waals surface area contributed by atoms with Gasteiger partial charge >= 0.3 is 0 Å². The first-order valence-electron chi connectivity index (χ1n) is 10.00. The molecule has 32 heavy (non-hydrogen) atoms. The van der Waals surface area contributed by atoms with Crippen LogP contribution in [0.15, 0.2) is 59.5 Å². The molecule has 1 N–H and O–H groups in total. The van der Waals surface area contributed by atoms with Crippen molar-refractivity contribution in [3.05, 3.63) is 77.1 Å². The summed E-state index contributed by atoms with van der Waals surface area (Å²) in [4.78, 5) is 29.1. The van der Waals surface area contributed by atoms with Crippen LogP contribution in [0, 0.1) is 5.82 Å². The molecule has 0 fully saturated rings. The molecule has 3 aromatic carbocycles. The van der Waals surface area contributed by atoms with Gasteiger partial charge in [-0.3, -0.25) is 14.5 Å². The molecule has 0 aromatic heterocycles. The molecule has 0 bridgehead atoms. The van der Waals surface area contributed by atoms with Crippen molar-refractivity contribution in [1.82, 2.24) is 14.5 Å². The normalized spacial score (nSPS) is 13.9. The predicted octanol–water partition coefficient (Wildman–Crippen LogP) is 2.62. The van der Waals surface area contributed by atoms with Gasteiger partial charge in [0.15, 0.2) is 0 Å². The van der Waals surface area contributed by atoms with Crippen molar-refractivity contribution < 1.29 is 22.4 Å². The van der Waals surface area contributed by atoms with Gasteiger partial charge < -0.3 is 4.90 Å². The van der Waals surface area contributed by atoms with Crippen LogP contribution < -0.4 is 4.72 Å². The lowest BCUT2D eigenvalue weighted by atomic mass is 9.94. The summed E-state index contributed by atoms with van der Waals surface area (Å²) in [7, 11) is -0.268. The van der Waals surface area contributed by atoms with Gasteiger partial charge in [-0.25, -0.2) is 17.5 Å². The zero-order valence-electron chi connectivity index (χ0n) is 17.6. The molecule has 7 nitrogen and oxygen atoms in total. The smallest absolute Gasteiger partial charge is 0.261 e. The molecule has 2 amide bonds. The Hall–Kier alpha value is -3.14. The summed E-state index contributed by atoms with van der Waals surface area (Å²) in [5, 5.41) is 0.647. The summed E-state index contributed by atoms with van der Waals surface area (Å²) < 4.78 is 41.7. The standard InChI is InChI=1S/C23H22FN3O4S/c1-26(2)12-13-27-22(28)18-5-3-4-17-20(11-10-19(21(17)18)23(27)29)32(30,31)25-14-15-6-8-16(24)9-7-15/h3-11,25H,12-14H2,1-2H3. The Kier molecular flexibility index (Phi) is 5.81. The van der Waals surface area contributed by atoms with E-state index in [0.29, 0.717) is 34.0 Å². The number of benzene rings is 3. The molecule has 1 aliphatic heterocycles. The minimum absolute atomic E-state index is 0.0254. The Morgan fingerprint density at radius 1 is 0.938 bits per heavy atom. The number of rotatable bonds is 7. The number of amides is 2. The lowest BCUT2D eigenvalue weighted by Crippen LogP contribution is -2.43. The molecule has 9 heteroatoms. The van der Waals surface area contributed by atoms with Crippen molar-refractivity contribution in [2.24, 2.45) is 0 Å². The average Bonchev–Trinajstić information content (AvgIpc) is 2.76. The number of sulfonamides is 1. The second-order valence-electron chi connectivity index (χ2n) is 7.86. The van der Waals surface area contributed by atoms with E-state index >= 15 is 0 Å². The first-order valence-corrected chi connectivity index (χ1v) is 11.5. The maximum Gasteiger partial charge on any atom is 0.261 e. The SMILES string of the molecule is CN(C)CCN1C(=O)c2cccc3c(S(=O)(=O)NCc4ccc(F)cc4)ccc(c23)C1=O. The molecule has 0 radical (unpaired) electrons. The number of imide groups is 1. The van der Waals surface area contributed by atoms with Gasteiger partial charge in [-0.2, -0.15) is 0 Å². The van der Waals surface area contributed by atoms with Crippen molar-refractivity contribution >= 4 is 32.6 Å². The molecule has 0 spiro atoms. The lowest BCUT2D eigenvalue weighted by Gasteiger charge is -2.28. The highest BCUT2D eigenvalue weighted by Crippen LogP contribution is 2.34. The molecule has 0 unspecified atom stereocenters. The zero-order valence-corrected chi connectivity index (χ0v) is 18.4. The number of hydrogen-bond acceptors (Lipinski definition) is 5. The monoisotopic (exact) mass is 455 g/mol. The summed E-state index contributed by atoms with van der Waals surface area (Å²) in [6.07, 6.45) is 0. The summed E-state index contributed by atoms with van der Waals surface area (Å²) in [5.74, 6) is -1.29. The highest BCUT2D eigenvalue weighted by atomic mass is 32.2. The van der Waals surface area contributed by atoms with Crippen LogP contribution in [0.5, 0.6) is 0 Å². The van der Waals surface area contributed by atoms with Crippen LogP contribution in [0.4, 0.5) is 4.39 Å². The number of carbonyl (C=O) groups excluding carboxylic acids is 2. The maximum atomic E-state index is 13.1.